The minimum Gasteiger partial charge on any atom is -0.495 e. The van der Waals surface area contributed by atoms with E-state index in [1.807, 2.05) is 12.1 Å². The summed E-state index contributed by atoms with van der Waals surface area (Å²) in [5, 5.41) is 2.83. The minimum atomic E-state index is -0.137. The van der Waals surface area contributed by atoms with Crippen LogP contribution >= 0.6 is 0 Å². The van der Waals surface area contributed by atoms with Crippen molar-refractivity contribution in [1.82, 2.24) is 9.80 Å². The van der Waals surface area contributed by atoms with Gasteiger partial charge in [-0.3, -0.25) is 14.5 Å². The van der Waals surface area contributed by atoms with Gasteiger partial charge in [-0.2, -0.15) is 0 Å². The average Bonchev–Trinajstić information content (AvgIpc) is 2.62. The molecule has 0 bridgehead atoms. The number of methoxy groups -OCH3 is 1. The number of para-hydroxylation sites is 2. The number of hydrogen-bond acceptors (Lipinski definition) is 5. The van der Waals surface area contributed by atoms with E-state index in [1.54, 1.807) is 24.1 Å². The predicted molar refractivity (Wildman–Crippen MR) is 95.8 cm³/mol. The lowest BCUT2D eigenvalue weighted by Crippen LogP contribution is -2.43. The molecule has 0 unspecified atom stereocenters. The van der Waals surface area contributed by atoms with E-state index in [0.717, 1.165) is 32.8 Å². The standard InChI is InChI=1S/C18H27N3O4/c1-15(22)21(10-9-20-11-13-25-14-12-20)8-7-18(23)19-16-5-3-4-6-17(16)24-2/h3-6H,7-14H2,1-2H3,(H,19,23). The zero-order chi connectivity index (χ0) is 18.1. The summed E-state index contributed by atoms with van der Waals surface area (Å²) >= 11 is 0. The molecule has 138 valence electrons. The van der Waals surface area contributed by atoms with Gasteiger partial charge in [-0.25, -0.2) is 0 Å². The van der Waals surface area contributed by atoms with Crippen molar-refractivity contribution in [3.63, 3.8) is 0 Å². The molecule has 25 heavy (non-hydrogen) atoms. The number of anilines is 1. The number of morpholine rings is 1. The Morgan fingerprint density at radius 3 is 2.64 bits per heavy atom. The molecule has 1 aromatic carbocycles. The number of benzene rings is 1. The Kier molecular flexibility index (Phi) is 7.69. The highest BCUT2D eigenvalue weighted by Crippen LogP contribution is 2.23. The molecule has 0 aromatic heterocycles. The fraction of sp³-hybridized carbons (Fsp3) is 0.556. The molecule has 7 heteroatoms. The summed E-state index contributed by atoms with van der Waals surface area (Å²) in [5.41, 5.74) is 0.637. The summed E-state index contributed by atoms with van der Waals surface area (Å²) in [6, 6.07) is 7.26. The molecule has 2 amide bonds. The van der Waals surface area contributed by atoms with Crippen molar-refractivity contribution < 1.29 is 19.1 Å². The lowest BCUT2D eigenvalue weighted by atomic mass is 10.2. The van der Waals surface area contributed by atoms with Gasteiger partial charge in [0.05, 0.1) is 26.0 Å². The lowest BCUT2D eigenvalue weighted by molar-refractivity contribution is -0.129. The average molecular weight is 349 g/mol. The van der Waals surface area contributed by atoms with E-state index >= 15 is 0 Å². The Hall–Kier alpha value is -2.12. The van der Waals surface area contributed by atoms with Crippen LogP contribution in [0.4, 0.5) is 5.69 Å². The van der Waals surface area contributed by atoms with Crippen LogP contribution in [0, 0.1) is 0 Å². The van der Waals surface area contributed by atoms with Gasteiger partial charge < -0.3 is 19.7 Å². The number of nitrogens with one attached hydrogen (secondary N) is 1. The monoisotopic (exact) mass is 349 g/mol. The number of carbonyl (C=O) groups is 2. The first kappa shape index (κ1) is 19.2. The van der Waals surface area contributed by atoms with Crippen LogP contribution in [0.1, 0.15) is 13.3 Å². The third-order valence-electron chi connectivity index (χ3n) is 4.23. The SMILES string of the molecule is COc1ccccc1NC(=O)CCN(CCN1CCOCC1)C(C)=O. The molecule has 0 spiro atoms. The molecule has 0 saturated carbocycles. The highest BCUT2D eigenvalue weighted by atomic mass is 16.5. The molecular weight excluding hydrogens is 322 g/mol. The van der Waals surface area contributed by atoms with E-state index in [0.29, 0.717) is 24.5 Å². The summed E-state index contributed by atoms with van der Waals surface area (Å²) in [6.45, 7) is 6.62. The molecule has 1 aliphatic rings. The fourth-order valence-corrected chi connectivity index (χ4v) is 2.71. The largest absolute Gasteiger partial charge is 0.495 e. The van der Waals surface area contributed by atoms with E-state index in [-0.39, 0.29) is 18.2 Å². The van der Waals surface area contributed by atoms with Gasteiger partial charge in [-0.15, -0.1) is 0 Å². The van der Waals surface area contributed by atoms with Crippen molar-refractivity contribution in [2.24, 2.45) is 0 Å². The van der Waals surface area contributed by atoms with Crippen molar-refractivity contribution in [2.45, 2.75) is 13.3 Å². The molecule has 7 nitrogen and oxygen atoms in total. The zero-order valence-electron chi connectivity index (χ0n) is 15.0. The van der Waals surface area contributed by atoms with Crippen LogP contribution in [0.2, 0.25) is 0 Å². The summed E-state index contributed by atoms with van der Waals surface area (Å²) in [7, 11) is 1.56. The van der Waals surface area contributed by atoms with Crippen molar-refractivity contribution >= 4 is 17.5 Å². The Morgan fingerprint density at radius 1 is 1.24 bits per heavy atom. The number of ether oxygens (including phenoxy) is 2. The van der Waals surface area contributed by atoms with Gasteiger partial charge in [0, 0.05) is 46.1 Å². The van der Waals surface area contributed by atoms with Crippen molar-refractivity contribution in [2.75, 3.05) is 58.4 Å². The molecule has 1 fully saturated rings. The first-order chi connectivity index (χ1) is 12.1. The van der Waals surface area contributed by atoms with Crippen LogP contribution in [0.3, 0.4) is 0 Å². The molecule has 1 aromatic rings. The van der Waals surface area contributed by atoms with E-state index in [9.17, 15) is 9.59 Å². The first-order valence-electron chi connectivity index (χ1n) is 8.58. The number of rotatable bonds is 8. The highest BCUT2D eigenvalue weighted by Gasteiger charge is 2.15. The third kappa shape index (κ3) is 6.36. The molecule has 1 saturated heterocycles. The van der Waals surface area contributed by atoms with E-state index in [2.05, 4.69) is 10.2 Å². The zero-order valence-corrected chi connectivity index (χ0v) is 15.0. The number of nitrogens with zero attached hydrogens (tertiary/aromatic N) is 2. The molecule has 0 aliphatic carbocycles. The first-order valence-corrected chi connectivity index (χ1v) is 8.58. The maximum absolute atomic E-state index is 12.2. The predicted octanol–water partition coefficient (Wildman–Crippen LogP) is 1.20. The topological polar surface area (TPSA) is 71.1 Å². The quantitative estimate of drug-likeness (QED) is 0.764. The van der Waals surface area contributed by atoms with Crippen LogP contribution in [0.15, 0.2) is 24.3 Å². The van der Waals surface area contributed by atoms with Gasteiger partial charge in [-0.1, -0.05) is 12.1 Å². The highest BCUT2D eigenvalue weighted by molar-refractivity contribution is 5.92. The fourth-order valence-electron chi connectivity index (χ4n) is 2.71. The third-order valence-corrected chi connectivity index (χ3v) is 4.23. The van der Waals surface area contributed by atoms with Crippen molar-refractivity contribution in [1.29, 1.82) is 0 Å². The normalized spacial score (nSPS) is 14.8. The maximum Gasteiger partial charge on any atom is 0.226 e. The van der Waals surface area contributed by atoms with Crippen LogP contribution < -0.4 is 10.1 Å². The van der Waals surface area contributed by atoms with Gasteiger partial charge in [0.2, 0.25) is 11.8 Å². The summed E-state index contributed by atoms with van der Waals surface area (Å²) in [4.78, 5) is 28.0. The maximum atomic E-state index is 12.2. The second-order valence-electron chi connectivity index (χ2n) is 5.96. The summed E-state index contributed by atoms with van der Waals surface area (Å²) in [6.07, 6.45) is 0.251. The van der Waals surface area contributed by atoms with Crippen molar-refractivity contribution in [3.8, 4) is 5.75 Å². The number of amides is 2. The second-order valence-corrected chi connectivity index (χ2v) is 5.96. The minimum absolute atomic E-state index is 0.0154. The van der Waals surface area contributed by atoms with Crippen LogP contribution in [-0.2, 0) is 14.3 Å². The molecule has 1 heterocycles. The van der Waals surface area contributed by atoms with Gasteiger partial charge in [-0.05, 0) is 12.1 Å². The van der Waals surface area contributed by atoms with Gasteiger partial charge in [0.1, 0.15) is 5.75 Å². The summed E-state index contributed by atoms with van der Waals surface area (Å²) in [5.74, 6) is 0.465. The molecule has 2 rings (SSSR count). The Labute approximate surface area is 148 Å². The Bertz CT molecular complexity index is 573. The van der Waals surface area contributed by atoms with Crippen LogP contribution in [0.5, 0.6) is 5.75 Å². The van der Waals surface area contributed by atoms with Crippen LogP contribution in [-0.4, -0.2) is 74.7 Å². The molecule has 0 radical (unpaired) electrons. The Morgan fingerprint density at radius 2 is 1.96 bits per heavy atom. The van der Waals surface area contributed by atoms with Crippen molar-refractivity contribution in [3.05, 3.63) is 24.3 Å². The molecule has 0 atom stereocenters. The number of carbonyl (C=O) groups excluding carboxylic acids is 2. The van der Waals surface area contributed by atoms with Gasteiger partial charge in [0.15, 0.2) is 0 Å². The van der Waals surface area contributed by atoms with E-state index in [4.69, 9.17) is 9.47 Å². The van der Waals surface area contributed by atoms with Gasteiger partial charge >= 0.3 is 0 Å². The second kappa shape index (κ2) is 10.0. The smallest absolute Gasteiger partial charge is 0.226 e. The lowest BCUT2D eigenvalue weighted by Gasteiger charge is -2.29. The molecule has 1 N–H and O–H groups in total. The van der Waals surface area contributed by atoms with E-state index < -0.39 is 0 Å². The molecule has 1 aliphatic heterocycles. The van der Waals surface area contributed by atoms with Gasteiger partial charge in [0.25, 0.3) is 0 Å². The number of hydrogen-bond donors (Lipinski definition) is 1. The van der Waals surface area contributed by atoms with E-state index in [1.165, 1.54) is 6.92 Å². The Balaban J connectivity index is 1.79. The molecular formula is C18H27N3O4. The summed E-state index contributed by atoms with van der Waals surface area (Å²) < 4.78 is 10.5. The van der Waals surface area contributed by atoms with Crippen LogP contribution in [0.25, 0.3) is 0 Å².